The first-order valence-corrected chi connectivity index (χ1v) is 8.86. The SMILES string of the molecule is CCOC(=O)c1ccc2c(c1)N(Cc1nnc3n1CCCC3)CCO2. The van der Waals surface area contributed by atoms with Crippen molar-refractivity contribution >= 4 is 11.7 Å². The molecule has 0 amide bonds. The molecule has 0 atom stereocenters. The number of hydrogen-bond donors (Lipinski definition) is 0. The van der Waals surface area contributed by atoms with E-state index in [-0.39, 0.29) is 5.97 Å². The zero-order chi connectivity index (χ0) is 17.2. The number of aromatic nitrogens is 3. The van der Waals surface area contributed by atoms with Crippen molar-refractivity contribution in [3.63, 3.8) is 0 Å². The highest BCUT2D eigenvalue weighted by molar-refractivity contribution is 5.91. The van der Waals surface area contributed by atoms with Crippen LogP contribution in [-0.2, 0) is 24.2 Å². The largest absolute Gasteiger partial charge is 0.490 e. The van der Waals surface area contributed by atoms with E-state index in [0.29, 0.717) is 25.3 Å². The van der Waals surface area contributed by atoms with Crippen molar-refractivity contribution in [1.82, 2.24) is 14.8 Å². The van der Waals surface area contributed by atoms with E-state index in [1.165, 1.54) is 12.8 Å². The Morgan fingerprint density at radius 1 is 1.28 bits per heavy atom. The van der Waals surface area contributed by atoms with Gasteiger partial charge >= 0.3 is 5.97 Å². The van der Waals surface area contributed by atoms with Crippen LogP contribution in [0.1, 0.15) is 41.8 Å². The lowest BCUT2D eigenvalue weighted by atomic mass is 10.1. The van der Waals surface area contributed by atoms with Gasteiger partial charge in [-0.25, -0.2) is 4.79 Å². The molecule has 0 radical (unpaired) electrons. The Bertz CT molecular complexity index is 787. The van der Waals surface area contributed by atoms with Crippen molar-refractivity contribution in [3.05, 3.63) is 35.4 Å². The summed E-state index contributed by atoms with van der Waals surface area (Å²) < 4.78 is 13.1. The van der Waals surface area contributed by atoms with Gasteiger partial charge in [0, 0.05) is 13.0 Å². The molecule has 0 N–H and O–H groups in total. The van der Waals surface area contributed by atoms with Gasteiger partial charge in [-0.3, -0.25) is 0 Å². The van der Waals surface area contributed by atoms with E-state index in [1.54, 1.807) is 13.0 Å². The average Bonchev–Trinajstić information content (AvgIpc) is 3.05. The molecular formula is C18H22N4O3. The third-order valence-corrected chi connectivity index (χ3v) is 4.70. The predicted molar refractivity (Wildman–Crippen MR) is 91.9 cm³/mol. The van der Waals surface area contributed by atoms with Crippen molar-refractivity contribution in [3.8, 4) is 5.75 Å². The fraction of sp³-hybridized carbons (Fsp3) is 0.500. The Morgan fingerprint density at radius 3 is 3.08 bits per heavy atom. The first-order valence-electron chi connectivity index (χ1n) is 8.86. The maximum absolute atomic E-state index is 12.0. The molecule has 0 unspecified atom stereocenters. The third-order valence-electron chi connectivity index (χ3n) is 4.70. The Morgan fingerprint density at radius 2 is 2.20 bits per heavy atom. The molecular weight excluding hydrogens is 320 g/mol. The number of fused-ring (bicyclic) bond motifs is 2. The number of benzene rings is 1. The zero-order valence-corrected chi connectivity index (χ0v) is 14.4. The highest BCUT2D eigenvalue weighted by atomic mass is 16.5. The standard InChI is InChI=1S/C18H22N4O3/c1-2-24-18(23)13-6-7-15-14(11-13)21(9-10-25-15)12-17-20-19-16-5-3-4-8-22(16)17/h6-7,11H,2-5,8-10,12H2,1H3. The van der Waals surface area contributed by atoms with Crippen LogP contribution in [0.25, 0.3) is 0 Å². The molecule has 7 heteroatoms. The molecule has 2 aliphatic heterocycles. The number of anilines is 1. The van der Waals surface area contributed by atoms with E-state index < -0.39 is 0 Å². The second-order valence-corrected chi connectivity index (χ2v) is 6.31. The average molecular weight is 342 g/mol. The predicted octanol–water partition coefficient (Wildman–Crippen LogP) is 2.19. The molecule has 4 rings (SSSR count). The summed E-state index contributed by atoms with van der Waals surface area (Å²) in [6.45, 7) is 5.18. The first kappa shape index (κ1) is 15.9. The van der Waals surface area contributed by atoms with Crippen LogP contribution in [0.2, 0.25) is 0 Å². The molecule has 25 heavy (non-hydrogen) atoms. The van der Waals surface area contributed by atoms with Crippen LogP contribution in [0.5, 0.6) is 5.75 Å². The van der Waals surface area contributed by atoms with E-state index in [1.807, 2.05) is 12.1 Å². The summed E-state index contributed by atoms with van der Waals surface area (Å²) in [6.07, 6.45) is 3.35. The summed E-state index contributed by atoms with van der Waals surface area (Å²) in [6, 6.07) is 5.44. The number of rotatable bonds is 4. The molecule has 0 saturated heterocycles. The molecule has 132 valence electrons. The van der Waals surface area contributed by atoms with Crippen LogP contribution in [0.15, 0.2) is 18.2 Å². The molecule has 0 spiro atoms. The quantitative estimate of drug-likeness (QED) is 0.794. The highest BCUT2D eigenvalue weighted by Crippen LogP contribution is 2.33. The van der Waals surface area contributed by atoms with E-state index in [9.17, 15) is 4.79 Å². The molecule has 0 saturated carbocycles. The lowest BCUT2D eigenvalue weighted by Gasteiger charge is -2.31. The van der Waals surface area contributed by atoms with Crippen molar-refractivity contribution < 1.29 is 14.3 Å². The third kappa shape index (κ3) is 3.06. The summed E-state index contributed by atoms with van der Waals surface area (Å²) in [5, 5.41) is 8.72. The Balaban J connectivity index is 1.61. The van der Waals surface area contributed by atoms with E-state index in [4.69, 9.17) is 9.47 Å². The van der Waals surface area contributed by atoms with Crippen LogP contribution >= 0.6 is 0 Å². The van der Waals surface area contributed by atoms with Crippen LogP contribution in [0.4, 0.5) is 5.69 Å². The highest BCUT2D eigenvalue weighted by Gasteiger charge is 2.24. The lowest BCUT2D eigenvalue weighted by Crippen LogP contribution is -2.33. The Hall–Kier alpha value is -2.57. The van der Waals surface area contributed by atoms with Gasteiger partial charge in [0.2, 0.25) is 0 Å². The van der Waals surface area contributed by atoms with Crippen LogP contribution in [-0.4, -0.2) is 40.5 Å². The van der Waals surface area contributed by atoms with Crippen molar-refractivity contribution in [2.24, 2.45) is 0 Å². The van der Waals surface area contributed by atoms with Crippen molar-refractivity contribution in [2.45, 2.75) is 39.3 Å². The first-order chi connectivity index (χ1) is 12.3. The Labute approximate surface area is 146 Å². The fourth-order valence-corrected chi connectivity index (χ4v) is 3.43. The van der Waals surface area contributed by atoms with Gasteiger partial charge in [0.05, 0.1) is 30.9 Å². The topological polar surface area (TPSA) is 69.5 Å². The normalized spacial score (nSPS) is 16.0. The van der Waals surface area contributed by atoms with Gasteiger partial charge in [-0.05, 0) is 38.0 Å². The monoisotopic (exact) mass is 342 g/mol. The zero-order valence-electron chi connectivity index (χ0n) is 14.4. The fourth-order valence-electron chi connectivity index (χ4n) is 3.43. The van der Waals surface area contributed by atoms with Crippen LogP contribution in [0, 0.1) is 0 Å². The van der Waals surface area contributed by atoms with E-state index in [0.717, 1.165) is 42.6 Å². The van der Waals surface area contributed by atoms with E-state index in [2.05, 4.69) is 19.7 Å². The van der Waals surface area contributed by atoms with Gasteiger partial charge in [0.25, 0.3) is 0 Å². The van der Waals surface area contributed by atoms with Crippen molar-refractivity contribution in [2.75, 3.05) is 24.7 Å². The molecule has 0 fully saturated rings. The van der Waals surface area contributed by atoms with Gasteiger partial charge in [-0.1, -0.05) is 0 Å². The minimum absolute atomic E-state index is 0.310. The molecule has 0 bridgehead atoms. The van der Waals surface area contributed by atoms with Gasteiger partial charge < -0.3 is 18.9 Å². The number of carbonyl (C=O) groups excluding carboxylic acids is 1. The number of ether oxygens (including phenoxy) is 2. The summed E-state index contributed by atoms with van der Waals surface area (Å²) in [5.74, 6) is 2.53. The van der Waals surface area contributed by atoms with Gasteiger partial charge in [-0.2, -0.15) is 0 Å². The van der Waals surface area contributed by atoms with Gasteiger partial charge in [-0.15, -0.1) is 10.2 Å². The summed E-state index contributed by atoms with van der Waals surface area (Å²) in [5.41, 5.74) is 1.45. The second kappa shape index (κ2) is 6.74. The molecule has 3 heterocycles. The number of nitrogens with zero attached hydrogens (tertiary/aromatic N) is 4. The maximum atomic E-state index is 12.0. The van der Waals surface area contributed by atoms with Crippen molar-refractivity contribution in [1.29, 1.82) is 0 Å². The number of aryl methyl sites for hydroxylation is 1. The molecule has 2 aliphatic rings. The van der Waals surface area contributed by atoms with E-state index >= 15 is 0 Å². The van der Waals surface area contributed by atoms with Gasteiger partial charge in [0.15, 0.2) is 5.82 Å². The maximum Gasteiger partial charge on any atom is 0.338 e. The number of esters is 1. The molecule has 0 aliphatic carbocycles. The number of hydrogen-bond acceptors (Lipinski definition) is 6. The summed E-state index contributed by atoms with van der Waals surface area (Å²) >= 11 is 0. The molecule has 1 aromatic carbocycles. The molecule has 2 aromatic rings. The summed E-state index contributed by atoms with van der Waals surface area (Å²) in [7, 11) is 0. The smallest absolute Gasteiger partial charge is 0.338 e. The van der Waals surface area contributed by atoms with Crippen LogP contribution in [0.3, 0.4) is 0 Å². The molecule has 1 aromatic heterocycles. The summed E-state index contributed by atoms with van der Waals surface area (Å²) in [4.78, 5) is 14.2. The number of carbonyl (C=O) groups is 1. The minimum Gasteiger partial charge on any atom is -0.490 e. The van der Waals surface area contributed by atoms with Crippen LogP contribution < -0.4 is 9.64 Å². The second-order valence-electron chi connectivity index (χ2n) is 6.31. The molecule has 7 nitrogen and oxygen atoms in total. The Kier molecular flexibility index (Phi) is 4.29. The lowest BCUT2D eigenvalue weighted by molar-refractivity contribution is 0.0526. The van der Waals surface area contributed by atoms with Gasteiger partial charge in [0.1, 0.15) is 18.2 Å². The minimum atomic E-state index is -0.310.